The molecule has 0 heterocycles. The minimum absolute atomic E-state index is 0.0818. The van der Waals surface area contributed by atoms with Crippen molar-refractivity contribution < 1.29 is 9.53 Å². The molecule has 0 aliphatic rings. The lowest BCUT2D eigenvalue weighted by Gasteiger charge is -2.17. The van der Waals surface area contributed by atoms with Gasteiger partial charge in [0, 0.05) is 12.2 Å². The summed E-state index contributed by atoms with van der Waals surface area (Å²) in [5.41, 5.74) is 0.673. The van der Waals surface area contributed by atoms with Gasteiger partial charge >= 0.3 is 6.03 Å². The van der Waals surface area contributed by atoms with Crippen LogP contribution in [0.1, 0.15) is 6.92 Å². The fourth-order valence-electron chi connectivity index (χ4n) is 1.29. The van der Waals surface area contributed by atoms with E-state index in [4.69, 9.17) is 10.00 Å². The lowest BCUT2D eigenvalue weighted by molar-refractivity contribution is 0.220. The van der Waals surface area contributed by atoms with E-state index in [-0.39, 0.29) is 12.6 Å². The van der Waals surface area contributed by atoms with Crippen molar-refractivity contribution in [1.29, 1.82) is 5.26 Å². The van der Waals surface area contributed by atoms with Gasteiger partial charge in [0.15, 0.2) is 0 Å². The first kappa shape index (κ1) is 12.8. The molecule has 2 amide bonds. The van der Waals surface area contributed by atoms with Crippen molar-refractivity contribution in [2.45, 2.75) is 6.92 Å². The maximum absolute atomic E-state index is 11.7. The quantitative estimate of drug-likeness (QED) is 0.809. The van der Waals surface area contributed by atoms with Gasteiger partial charge in [-0.3, -0.25) is 0 Å². The molecule has 0 fully saturated rings. The Balaban J connectivity index is 2.63. The zero-order chi connectivity index (χ0) is 12.7. The van der Waals surface area contributed by atoms with Crippen LogP contribution in [0.2, 0.25) is 0 Å². The van der Waals surface area contributed by atoms with Gasteiger partial charge in [0.2, 0.25) is 0 Å². The predicted molar refractivity (Wildman–Crippen MR) is 64.9 cm³/mol. The summed E-state index contributed by atoms with van der Waals surface area (Å²) in [7, 11) is 1.58. The predicted octanol–water partition coefficient (Wildman–Crippen LogP) is 2.07. The Morgan fingerprint density at radius 2 is 2.12 bits per heavy atom. The van der Waals surface area contributed by atoms with Crippen LogP contribution in [0.5, 0.6) is 5.75 Å². The Morgan fingerprint density at radius 3 is 2.59 bits per heavy atom. The molecule has 0 bridgehead atoms. The summed E-state index contributed by atoms with van der Waals surface area (Å²) in [4.78, 5) is 13.1. The zero-order valence-electron chi connectivity index (χ0n) is 9.93. The van der Waals surface area contributed by atoms with Crippen molar-refractivity contribution in [2.24, 2.45) is 0 Å². The lowest BCUT2D eigenvalue weighted by Crippen LogP contribution is -2.34. The van der Waals surface area contributed by atoms with Crippen LogP contribution in [0.25, 0.3) is 0 Å². The molecule has 0 radical (unpaired) electrons. The number of carbonyl (C=O) groups is 1. The molecule has 0 saturated heterocycles. The molecule has 0 spiro atoms. The fourth-order valence-corrected chi connectivity index (χ4v) is 1.29. The molecular weight excluding hydrogens is 218 g/mol. The van der Waals surface area contributed by atoms with Gasteiger partial charge in [-0.05, 0) is 31.2 Å². The van der Waals surface area contributed by atoms with Gasteiger partial charge in [-0.15, -0.1) is 0 Å². The van der Waals surface area contributed by atoms with Gasteiger partial charge in [-0.2, -0.15) is 5.26 Å². The third kappa shape index (κ3) is 3.68. The zero-order valence-corrected chi connectivity index (χ0v) is 9.93. The number of hydrogen-bond donors (Lipinski definition) is 1. The van der Waals surface area contributed by atoms with Crippen LogP contribution in [0, 0.1) is 11.3 Å². The van der Waals surface area contributed by atoms with Crippen LogP contribution < -0.4 is 10.1 Å². The number of nitrogens with one attached hydrogen (secondary N) is 1. The van der Waals surface area contributed by atoms with Crippen molar-refractivity contribution in [1.82, 2.24) is 4.90 Å². The summed E-state index contributed by atoms with van der Waals surface area (Å²) in [6, 6.07) is 8.68. The number of anilines is 1. The Labute approximate surface area is 101 Å². The second kappa shape index (κ2) is 6.38. The largest absolute Gasteiger partial charge is 0.497 e. The molecule has 1 N–H and O–H groups in total. The number of amides is 2. The maximum Gasteiger partial charge on any atom is 0.322 e. The summed E-state index contributed by atoms with van der Waals surface area (Å²) in [6.45, 7) is 2.40. The SMILES string of the molecule is CCN(CC#N)C(=O)Nc1ccc(OC)cc1. The first-order valence-corrected chi connectivity index (χ1v) is 5.28. The van der Waals surface area contributed by atoms with Crippen LogP contribution in [0.15, 0.2) is 24.3 Å². The first-order chi connectivity index (χ1) is 8.21. The topological polar surface area (TPSA) is 65.4 Å². The Kier molecular flexibility index (Phi) is 4.82. The van der Waals surface area contributed by atoms with E-state index in [9.17, 15) is 4.79 Å². The molecular formula is C12H15N3O2. The Hall–Kier alpha value is -2.22. The third-order valence-electron chi connectivity index (χ3n) is 2.27. The minimum Gasteiger partial charge on any atom is -0.497 e. The second-order valence-corrected chi connectivity index (χ2v) is 3.33. The van der Waals surface area contributed by atoms with E-state index in [1.807, 2.05) is 13.0 Å². The van der Waals surface area contributed by atoms with Crippen LogP contribution in [-0.4, -0.2) is 31.1 Å². The van der Waals surface area contributed by atoms with E-state index in [1.54, 1.807) is 31.4 Å². The number of ether oxygens (including phenoxy) is 1. The molecule has 90 valence electrons. The average molecular weight is 233 g/mol. The Bertz CT molecular complexity index is 409. The number of benzene rings is 1. The number of nitriles is 1. The molecule has 17 heavy (non-hydrogen) atoms. The molecule has 0 saturated carbocycles. The molecule has 1 aromatic rings. The van der Waals surface area contributed by atoms with E-state index < -0.39 is 0 Å². The molecule has 5 heteroatoms. The van der Waals surface area contributed by atoms with E-state index in [0.29, 0.717) is 12.2 Å². The second-order valence-electron chi connectivity index (χ2n) is 3.33. The minimum atomic E-state index is -0.279. The smallest absolute Gasteiger partial charge is 0.322 e. The van der Waals surface area contributed by atoms with Crippen molar-refractivity contribution >= 4 is 11.7 Å². The van der Waals surface area contributed by atoms with Crippen LogP contribution in [0.3, 0.4) is 0 Å². The standard InChI is InChI=1S/C12H15N3O2/c1-3-15(9-8-13)12(16)14-10-4-6-11(17-2)7-5-10/h4-7H,3,9H2,1-2H3,(H,14,16). The summed E-state index contributed by atoms with van der Waals surface area (Å²) < 4.78 is 5.02. The van der Waals surface area contributed by atoms with Gasteiger partial charge < -0.3 is 15.0 Å². The van der Waals surface area contributed by atoms with E-state index in [2.05, 4.69) is 5.32 Å². The van der Waals surface area contributed by atoms with Crippen molar-refractivity contribution in [3.63, 3.8) is 0 Å². The van der Waals surface area contributed by atoms with Gasteiger partial charge in [0.05, 0.1) is 13.2 Å². The van der Waals surface area contributed by atoms with E-state index in [1.165, 1.54) is 4.90 Å². The molecule has 0 atom stereocenters. The molecule has 1 aromatic carbocycles. The van der Waals surface area contributed by atoms with Gasteiger partial charge in [0.25, 0.3) is 0 Å². The lowest BCUT2D eigenvalue weighted by atomic mass is 10.3. The summed E-state index contributed by atoms with van der Waals surface area (Å²) in [6.07, 6.45) is 0. The van der Waals surface area contributed by atoms with Crippen LogP contribution in [-0.2, 0) is 0 Å². The molecule has 0 unspecified atom stereocenters. The van der Waals surface area contributed by atoms with E-state index in [0.717, 1.165) is 5.75 Å². The highest BCUT2D eigenvalue weighted by Crippen LogP contribution is 2.15. The maximum atomic E-state index is 11.7. The molecule has 0 aliphatic carbocycles. The van der Waals surface area contributed by atoms with Crippen molar-refractivity contribution in [3.8, 4) is 11.8 Å². The summed E-state index contributed by atoms with van der Waals surface area (Å²) in [5, 5.41) is 11.3. The van der Waals surface area contributed by atoms with Crippen molar-refractivity contribution in [2.75, 3.05) is 25.5 Å². The summed E-state index contributed by atoms with van der Waals surface area (Å²) in [5.74, 6) is 0.729. The molecule has 0 aliphatic heterocycles. The van der Waals surface area contributed by atoms with Crippen molar-refractivity contribution in [3.05, 3.63) is 24.3 Å². The number of hydrogen-bond acceptors (Lipinski definition) is 3. The number of nitrogens with zero attached hydrogens (tertiary/aromatic N) is 2. The number of methoxy groups -OCH3 is 1. The fraction of sp³-hybridized carbons (Fsp3) is 0.333. The monoisotopic (exact) mass is 233 g/mol. The number of carbonyl (C=O) groups excluding carboxylic acids is 1. The van der Waals surface area contributed by atoms with Gasteiger partial charge in [-0.25, -0.2) is 4.79 Å². The van der Waals surface area contributed by atoms with E-state index >= 15 is 0 Å². The van der Waals surface area contributed by atoms with Gasteiger partial charge in [0.1, 0.15) is 12.3 Å². The normalized spacial score (nSPS) is 9.24. The number of urea groups is 1. The molecule has 0 aromatic heterocycles. The molecule has 1 rings (SSSR count). The van der Waals surface area contributed by atoms with Crippen LogP contribution in [0.4, 0.5) is 10.5 Å². The third-order valence-corrected chi connectivity index (χ3v) is 2.27. The highest BCUT2D eigenvalue weighted by Gasteiger charge is 2.10. The summed E-state index contributed by atoms with van der Waals surface area (Å²) >= 11 is 0. The van der Waals surface area contributed by atoms with Gasteiger partial charge in [-0.1, -0.05) is 0 Å². The molecule has 5 nitrogen and oxygen atoms in total. The number of rotatable bonds is 4. The average Bonchev–Trinajstić information content (AvgIpc) is 2.36. The highest BCUT2D eigenvalue weighted by atomic mass is 16.5. The van der Waals surface area contributed by atoms with Crippen LogP contribution >= 0.6 is 0 Å². The highest BCUT2D eigenvalue weighted by molar-refractivity contribution is 5.89. The Morgan fingerprint density at radius 1 is 1.47 bits per heavy atom. The first-order valence-electron chi connectivity index (χ1n) is 5.28.